The minimum Gasteiger partial charge on any atom is -0.354 e. The fourth-order valence-corrected chi connectivity index (χ4v) is 3.87. The first-order valence-corrected chi connectivity index (χ1v) is 10.8. The molecule has 1 unspecified atom stereocenters. The lowest BCUT2D eigenvalue weighted by molar-refractivity contribution is -0.124. The average Bonchev–Trinajstić information content (AvgIpc) is 3.18. The number of hydrogen-bond acceptors (Lipinski definition) is 4. The highest BCUT2D eigenvalue weighted by atomic mass is 16.2. The van der Waals surface area contributed by atoms with Gasteiger partial charge in [0.15, 0.2) is 0 Å². The number of amides is 1. The number of carbonyl (C=O) groups is 1. The molecule has 1 atom stereocenters. The third-order valence-electron chi connectivity index (χ3n) is 5.67. The van der Waals surface area contributed by atoms with Gasteiger partial charge in [0.05, 0.1) is 22.5 Å². The molecule has 32 heavy (non-hydrogen) atoms. The highest BCUT2D eigenvalue weighted by Crippen LogP contribution is 2.20. The van der Waals surface area contributed by atoms with Gasteiger partial charge in [0.25, 0.3) is 5.56 Å². The molecular weight excluding hydrogens is 402 g/mol. The Hall–Kier alpha value is -3.74. The number of hydrogen-bond donors (Lipinski definition) is 1. The van der Waals surface area contributed by atoms with Crippen LogP contribution >= 0.6 is 0 Å². The van der Waals surface area contributed by atoms with E-state index in [0.29, 0.717) is 23.1 Å². The van der Waals surface area contributed by atoms with Crippen LogP contribution < -0.4 is 10.9 Å². The minimum atomic E-state index is -0.721. The summed E-state index contributed by atoms with van der Waals surface area (Å²) in [6, 6.07) is 19.1. The molecule has 0 aliphatic rings. The first-order valence-electron chi connectivity index (χ1n) is 10.8. The quantitative estimate of drug-likeness (QED) is 0.456. The highest BCUT2D eigenvalue weighted by Gasteiger charge is 2.23. The number of aromatic nitrogens is 4. The van der Waals surface area contributed by atoms with E-state index in [9.17, 15) is 9.59 Å². The summed E-state index contributed by atoms with van der Waals surface area (Å²) in [6.45, 7) is 5.91. The van der Waals surface area contributed by atoms with Crippen molar-refractivity contribution >= 4 is 16.8 Å². The van der Waals surface area contributed by atoms with E-state index in [-0.39, 0.29) is 11.5 Å². The van der Waals surface area contributed by atoms with Gasteiger partial charge < -0.3 is 5.32 Å². The second-order valence-electron chi connectivity index (χ2n) is 7.95. The summed E-state index contributed by atoms with van der Waals surface area (Å²) in [6.07, 6.45) is 1.71. The average molecular weight is 430 g/mol. The molecule has 0 spiro atoms. The Kier molecular flexibility index (Phi) is 6.16. The van der Waals surface area contributed by atoms with Crippen molar-refractivity contribution in [3.63, 3.8) is 0 Å². The minimum absolute atomic E-state index is 0.223. The normalized spacial score (nSPS) is 12.1. The van der Waals surface area contributed by atoms with E-state index in [1.54, 1.807) is 11.6 Å². The van der Waals surface area contributed by atoms with Crippen molar-refractivity contribution in [3.8, 4) is 5.69 Å². The summed E-state index contributed by atoms with van der Waals surface area (Å²) in [5, 5.41) is 12.5. The van der Waals surface area contributed by atoms with Gasteiger partial charge in [0.2, 0.25) is 5.91 Å². The molecule has 1 N–H and O–H groups in total. The molecule has 0 radical (unpaired) electrons. The zero-order chi connectivity index (χ0) is 22.7. The number of para-hydroxylation sites is 1. The summed E-state index contributed by atoms with van der Waals surface area (Å²) < 4.78 is 3.02. The van der Waals surface area contributed by atoms with Gasteiger partial charge in [-0.3, -0.25) is 9.59 Å². The van der Waals surface area contributed by atoms with Gasteiger partial charge in [-0.15, -0.1) is 0 Å². The van der Waals surface area contributed by atoms with Crippen LogP contribution in [0.15, 0.2) is 65.5 Å². The van der Waals surface area contributed by atoms with Crippen molar-refractivity contribution in [2.45, 2.75) is 39.7 Å². The number of carbonyl (C=O) groups excluding carboxylic acids is 1. The molecule has 0 saturated heterocycles. The largest absolute Gasteiger partial charge is 0.354 e. The Morgan fingerprint density at radius 2 is 1.66 bits per heavy atom. The van der Waals surface area contributed by atoms with Crippen LogP contribution in [0.25, 0.3) is 16.6 Å². The van der Waals surface area contributed by atoms with E-state index in [1.807, 2.05) is 62.4 Å². The lowest BCUT2D eigenvalue weighted by atomic mass is 10.1. The number of fused-ring (bicyclic) bond motifs is 1. The molecule has 164 valence electrons. The number of rotatable bonds is 7. The molecule has 0 fully saturated rings. The molecule has 2 aromatic heterocycles. The van der Waals surface area contributed by atoms with Crippen LogP contribution in [0.3, 0.4) is 0 Å². The summed E-state index contributed by atoms with van der Waals surface area (Å²) in [5.74, 6) is -0.223. The van der Waals surface area contributed by atoms with Crippen LogP contribution in [0.4, 0.5) is 0 Å². The van der Waals surface area contributed by atoms with Crippen LogP contribution in [0.1, 0.15) is 36.3 Å². The van der Waals surface area contributed by atoms with Crippen LogP contribution in [-0.4, -0.2) is 32.0 Å². The Balaban J connectivity index is 1.54. The molecule has 7 heteroatoms. The Morgan fingerprint density at radius 1 is 1.00 bits per heavy atom. The fourth-order valence-electron chi connectivity index (χ4n) is 3.87. The SMILES string of the molecule is Cc1nn(C(C)C(=O)NCCCc2ccccc2)c(=O)c2c(C)n(-c3ccccc3)nc12. The molecule has 4 rings (SSSR count). The number of nitrogens with one attached hydrogen (secondary N) is 1. The monoisotopic (exact) mass is 429 g/mol. The maximum absolute atomic E-state index is 13.3. The fraction of sp³-hybridized carbons (Fsp3) is 0.280. The summed E-state index contributed by atoms with van der Waals surface area (Å²) in [7, 11) is 0. The van der Waals surface area contributed by atoms with Crippen LogP contribution in [0, 0.1) is 13.8 Å². The predicted octanol–water partition coefficient (Wildman–Crippen LogP) is 3.51. The van der Waals surface area contributed by atoms with Gasteiger partial charge in [-0.05, 0) is 51.3 Å². The van der Waals surface area contributed by atoms with Gasteiger partial charge in [0.1, 0.15) is 11.6 Å². The molecule has 0 aliphatic heterocycles. The Morgan fingerprint density at radius 3 is 2.34 bits per heavy atom. The van der Waals surface area contributed by atoms with Gasteiger partial charge in [-0.25, -0.2) is 9.36 Å². The van der Waals surface area contributed by atoms with E-state index < -0.39 is 6.04 Å². The van der Waals surface area contributed by atoms with E-state index in [1.165, 1.54) is 10.2 Å². The van der Waals surface area contributed by atoms with Crippen molar-refractivity contribution < 1.29 is 4.79 Å². The van der Waals surface area contributed by atoms with Crippen LogP contribution in [-0.2, 0) is 11.2 Å². The first kappa shape index (κ1) is 21.5. The van der Waals surface area contributed by atoms with Crippen molar-refractivity contribution in [3.05, 3.63) is 88.0 Å². The molecule has 2 heterocycles. The molecule has 7 nitrogen and oxygen atoms in total. The second-order valence-corrected chi connectivity index (χ2v) is 7.95. The van der Waals surface area contributed by atoms with E-state index >= 15 is 0 Å². The van der Waals surface area contributed by atoms with Crippen molar-refractivity contribution in [2.24, 2.45) is 0 Å². The molecule has 0 aliphatic carbocycles. The zero-order valence-corrected chi connectivity index (χ0v) is 18.6. The van der Waals surface area contributed by atoms with Crippen molar-refractivity contribution in [2.75, 3.05) is 6.54 Å². The number of benzene rings is 2. The van der Waals surface area contributed by atoms with Crippen LogP contribution in [0.2, 0.25) is 0 Å². The maximum atomic E-state index is 13.3. The topological polar surface area (TPSA) is 81.8 Å². The third-order valence-corrected chi connectivity index (χ3v) is 5.67. The standard InChI is InChI=1S/C25H27N5O2/c1-17-23-22(18(2)29(28-23)21-14-8-5-9-15-21)25(32)30(27-17)19(3)24(31)26-16-10-13-20-11-6-4-7-12-20/h4-9,11-12,14-15,19H,10,13,16H2,1-3H3,(H,26,31). The molecule has 0 saturated carbocycles. The van der Waals surface area contributed by atoms with Gasteiger partial charge in [0, 0.05) is 6.54 Å². The molecule has 2 aromatic carbocycles. The highest BCUT2D eigenvalue weighted by molar-refractivity contribution is 5.84. The molecule has 4 aromatic rings. The summed E-state index contributed by atoms with van der Waals surface area (Å²) in [4.78, 5) is 26.0. The zero-order valence-electron chi connectivity index (χ0n) is 18.6. The van der Waals surface area contributed by atoms with E-state index in [2.05, 4.69) is 27.6 Å². The third kappa shape index (κ3) is 4.19. The smallest absolute Gasteiger partial charge is 0.278 e. The second kappa shape index (κ2) is 9.18. The van der Waals surface area contributed by atoms with Crippen molar-refractivity contribution in [1.29, 1.82) is 0 Å². The Labute approximate surface area is 186 Å². The lowest BCUT2D eigenvalue weighted by Gasteiger charge is -2.15. The first-order chi connectivity index (χ1) is 15.5. The lowest BCUT2D eigenvalue weighted by Crippen LogP contribution is -2.38. The molecular formula is C25H27N5O2. The molecule has 1 amide bonds. The van der Waals surface area contributed by atoms with E-state index in [4.69, 9.17) is 0 Å². The number of nitrogens with zero attached hydrogens (tertiary/aromatic N) is 4. The Bertz CT molecular complexity index is 1290. The van der Waals surface area contributed by atoms with Crippen LogP contribution in [0.5, 0.6) is 0 Å². The predicted molar refractivity (Wildman–Crippen MR) is 125 cm³/mol. The number of aryl methyl sites for hydroxylation is 3. The summed E-state index contributed by atoms with van der Waals surface area (Å²) >= 11 is 0. The van der Waals surface area contributed by atoms with E-state index in [0.717, 1.165) is 24.2 Å². The van der Waals surface area contributed by atoms with Gasteiger partial charge in [-0.2, -0.15) is 10.2 Å². The van der Waals surface area contributed by atoms with Gasteiger partial charge >= 0.3 is 0 Å². The molecule has 0 bridgehead atoms. The van der Waals surface area contributed by atoms with Crippen molar-refractivity contribution in [1.82, 2.24) is 24.9 Å². The summed E-state index contributed by atoms with van der Waals surface area (Å²) in [5.41, 5.74) is 3.70. The van der Waals surface area contributed by atoms with Gasteiger partial charge in [-0.1, -0.05) is 48.5 Å². The maximum Gasteiger partial charge on any atom is 0.278 e.